The van der Waals surface area contributed by atoms with E-state index in [9.17, 15) is 14.9 Å². The minimum atomic E-state index is -1.23. The Morgan fingerprint density at radius 3 is 2.85 bits per heavy atom. The molecular formula is C11H10N4O4S. The number of nitrogens with zero attached hydrogens (tertiary/aromatic N) is 3. The van der Waals surface area contributed by atoms with Crippen LogP contribution < -0.4 is 0 Å². The molecule has 1 aromatic carbocycles. The van der Waals surface area contributed by atoms with Crippen LogP contribution in [0.25, 0.3) is 0 Å². The van der Waals surface area contributed by atoms with Crippen molar-refractivity contribution in [3.8, 4) is 0 Å². The molecule has 0 unspecified atom stereocenters. The quantitative estimate of drug-likeness (QED) is 0.639. The lowest BCUT2D eigenvalue weighted by Gasteiger charge is -2.02. The van der Waals surface area contributed by atoms with Crippen LogP contribution in [0.5, 0.6) is 0 Å². The zero-order chi connectivity index (χ0) is 14.7. The van der Waals surface area contributed by atoms with Gasteiger partial charge in [0.25, 0.3) is 5.69 Å². The topological polar surface area (TPSA) is 122 Å². The molecule has 0 atom stereocenters. The number of carboxylic acids is 1. The number of aromatic carboxylic acids is 1. The van der Waals surface area contributed by atoms with Crippen LogP contribution in [0.4, 0.5) is 5.69 Å². The maximum Gasteiger partial charge on any atom is 0.337 e. The Hall–Kier alpha value is -2.42. The number of nitro groups is 1. The summed E-state index contributed by atoms with van der Waals surface area (Å²) in [6, 6.07) is 3.66. The number of benzene rings is 1. The fraction of sp³-hybridized carbons (Fsp3) is 0.182. The number of hydrogen-bond acceptors (Lipinski definition) is 6. The van der Waals surface area contributed by atoms with Gasteiger partial charge in [0.1, 0.15) is 5.82 Å². The number of nitrogens with one attached hydrogen (secondary N) is 1. The lowest BCUT2D eigenvalue weighted by molar-refractivity contribution is -0.384. The Morgan fingerprint density at radius 2 is 2.30 bits per heavy atom. The number of non-ortho nitro benzene ring substituents is 1. The standard InChI is InChI=1S/C11H10N4O4S/c1-2-9-12-11(14-13-9)20-8-4-3-6(15(18)19)5-7(8)10(16)17/h3-5H,2H2,1H3,(H,16,17)(H,12,13,14). The summed E-state index contributed by atoms with van der Waals surface area (Å²) < 4.78 is 0. The number of carbonyl (C=O) groups is 1. The normalized spacial score (nSPS) is 10.4. The molecule has 0 saturated heterocycles. The molecule has 0 fully saturated rings. The predicted octanol–water partition coefficient (Wildman–Crippen LogP) is 2.12. The molecule has 20 heavy (non-hydrogen) atoms. The number of aryl methyl sites for hydroxylation is 1. The lowest BCUT2D eigenvalue weighted by Crippen LogP contribution is -2.00. The highest BCUT2D eigenvalue weighted by Crippen LogP contribution is 2.30. The molecule has 0 aliphatic rings. The second-order valence-electron chi connectivity index (χ2n) is 3.76. The number of aromatic amines is 1. The van der Waals surface area contributed by atoms with Gasteiger partial charge >= 0.3 is 5.97 Å². The average molecular weight is 294 g/mol. The summed E-state index contributed by atoms with van der Waals surface area (Å²) in [4.78, 5) is 25.7. The third kappa shape index (κ3) is 2.94. The van der Waals surface area contributed by atoms with Gasteiger partial charge in [-0.15, -0.1) is 5.10 Å². The van der Waals surface area contributed by atoms with Crippen LogP contribution in [0.2, 0.25) is 0 Å². The third-order valence-corrected chi connectivity index (χ3v) is 3.39. The second-order valence-corrected chi connectivity index (χ2v) is 4.77. The van der Waals surface area contributed by atoms with Gasteiger partial charge in [-0.1, -0.05) is 6.92 Å². The average Bonchev–Trinajstić information content (AvgIpc) is 2.86. The highest BCUT2D eigenvalue weighted by Gasteiger charge is 2.18. The van der Waals surface area contributed by atoms with Gasteiger partial charge in [-0.25, -0.2) is 9.78 Å². The van der Waals surface area contributed by atoms with Gasteiger partial charge < -0.3 is 5.11 Å². The number of rotatable bonds is 5. The van der Waals surface area contributed by atoms with E-state index in [1.807, 2.05) is 6.92 Å². The zero-order valence-corrected chi connectivity index (χ0v) is 11.2. The molecule has 104 valence electrons. The highest BCUT2D eigenvalue weighted by atomic mass is 32.2. The molecule has 0 amide bonds. The number of nitro benzene ring substituents is 1. The number of aromatic nitrogens is 3. The molecule has 1 heterocycles. The van der Waals surface area contributed by atoms with E-state index in [4.69, 9.17) is 5.11 Å². The van der Waals surface area contributed by atoms with Gasteiger partial charge in [0, 0.05) is 23.4 Å². The maximum atomic E-state index is 11.2. The number of hydrogen-bond donors (Lipinski definition) is 2. The monoisotopic (exact) mass is 294 g/mol. The molecular weight excluding hydrogens is 284 g/mol. The summed E-state index contributed by atoms with van der Waals surface area (Å²) >= 11 is 1.04. The Morgan fingerprint density at radius 1 is 1.55 bits per heavy atom. The first-order valence-electron chi connectivity index (χ1n) is 5.62. The van der Waals surface area contributed by atoms with E-state index in [-0.39, 0.29) is 11.3 Å². The van der Waals surface area contributed by atoms with Crippen molar-refractivity contribution in [3.05, 3.63) is 39.7 Å². The Balaban J connectivity index is 2.35. The van der Waals surface area contributed by atoms with Gasteiger partial charge in [0.2, 0.25) is 5.16 Å². The SMILES string of the molecule is CCc1nc(Sc2ccc([N+](=O)[O-])cc2C(=O)O)n[nH]1. The van der Waals surface area contributed by atoms with Crippen LogP contribution in [-0.2, 0) is 6.42 Å². The summed E-state index contributed by atoms with van der Waals surface area (Å²) in [5.74, 6) is -0.547. The molecule has 2 aromatic rings. The van der Waals surface area contributed by atoms with Crippen molar-refractivity contribution >= 4 is 23.4 Å². The van der Waals surface area contributed by atoms with E-state index in [2.05, 4.69) is 15.2 Å². The van der Waals surface area contributed by atoms with Crippen LogP contribution >= 0.6 is 11.8 Å². The maximum absolute atomic E-state index is 11.2. The molecule has 0 aliphatic heterocycles. The van der Waals surface area contributed by atoms with Crippen molar-refractivity contribution in [2.75, 3.05) is 0 Å². The van der Waals surface area contributed by atoms with Crippen molar-refractivity contribution in [1.82, 2.24) is 15.2 Å². The molecule has 0 radical (unpaired) electrons. The van der Waals surface area contributed by atoms with Crippen molar-refractivity contribution in [2.45, 2.75) is 23.4 Å². The van der Waals surface area contributed by atoms with E-state index in [0.717, 1.165) is 17.8 Å². The minimum absolute atomic E-state index is 0.146. The molecule has 0 spiro atoms. The molecule has 0 aliphatic carbocycles. The van der Waals surface area contributed by atoms with Crippen LogP contribution in [0.3, 0.4) is 0 Å². The largest absolute Gasteiger partial charge is 0.478 e. The summed E-state index contributed by atoms with van der Waals surface area (Å²) in [6.07, 6.45) is 0.680. The molecule has 2 rings (SSSR count). The highest BCUT2D eigenvalue weighted by molar-refractivity contribution is 7.99. The van der Waals surface area contributed by atoms with Crippen LogP contribution in [-0.4, -0.2) is 31.2 Å². The molecule has 8 nitrogen and oxygen atoms in total. The lowest BCUT2D eigenvalue weighted by atomic mass is 10.2. The fourth-order valence-corrected chi connectivity index (χ4v) is 2.30. The van der Waals surface area contributed by atoms with E-state index in [1.165, 1.54) is 12.1 Å². The molecule has 1 aromatic heterocycles. The van der Waals surface area contributed by atoms with E-state index < -0.39 is 10.9 Å². The second kappa shape index (κ2) is 5.70. The smallest absolute Gasteiger partial charge is 0.337 e. The van der Waals surface area contributed by atoms with E-state index in [1.54, 1.807) is 0 Å². The van der Waals surface area contributed by atoms with Gasteiger partial charge in [-0.2, -0.15) is 0 Å². The van der Waals surface area contributed by atoms with Gasteiger partial charge in [-0.3, -0.25) is 15.2 Å². The predicted molar refractivity (Wildman–Crippen MR) is 69.9 cm³/mol. The Bertz CT molecular complexity index is 670. The zero-order valence-electron chi connectivity index (χ0n) is 10.4. The van der Waals surface area contributed by atoms with Gasteiger partial charge in [-0.05, 0) is 17.8 Å². The summed E-state index contributed by atoms with van der Waals surface area (Å²) in [7, 11) is 0. The van der Waals surface area contributed by atoms with Crippen molar-refractivity contribution in [2.24, 2.45) is 0 Å². The molecule has 2 N–H and O–H groups in total. The van der Waals surface area contributed by atoms with Crippen LogP contribution in [0, 0.1) is 10.1 Å². The van der Waals surface area contributed by atoms with Crippen molar-refractivity contribution in [3.63, 3.8) is 0 Å². The first-order valence-corrected chi connectivity index (χ1v) is 6.43. The van der Waals surface area contributed by atoms with Crippen LogP contribution in [0.15, 0.2) is 28.3 Å². The summed E-state index contributed by atoms with van der Waals surface area (Å²) in [6.45, 7) is 1.91. The fourth-order valence-electron chi connectivity index (χ4n) is 1.47. The van der Waals surface area contributed by atoms with Gasteiger partial charge in [0.15, 0.2) is 0 Å². The first kappa shape index (κ1) is 14.0. The first-order chi connectivity index (χ1) is 9.51. The molecule has 0 bridgehead atoms. The van der Waals surface area contributed by atoms with Crippen LogP contribution in [0.1, 0.15) is 23.1 Å². The summed E-state index contributed by atoms with van der Waals surface area (Å²) in [5, 5.41) is 26.8. The Kier molecular flexibility index (Phi) is 3.99. The number of H-pyrrole nitrogens is 1. The van der Waals surface area contributed by atoms with Gasteiger partial charge in [0.05, 0.1) is 10.5 Å². The minimum Gasteiger partial charge on any atom is -0.478 e. The molecule has 0 saturated carbocycles. The van der Waals surface area contributed by atoms with Crippen molar-refractivity contribution < 1.29 is 14.8 Å². The third-order valence-electron chi connectivity index (χ3n) is 2.45. The Labute approximate surface area is 117 Å². The van der Waals surface area contributed by atoms with E-state index >= 15 is 0 Å². The summed E-state index contributed by atoms with van der Waals surface area (Å²) in [5.41, 5.74) is -0.414. The van der Waals surface area contributed by atoms with E-state index in [0.29, 0.717) is 22.3 Å². The molecule has 9 heteroatoms. The van der Waals surface area contributed by atoms with Crippen molar-refractivity contribution in [1.29, 1.82) is 0 Å². The number of carboxylic acid groups (broad SMARTS) is 1.